The minimum absolute atomic E-state index is 0.435. The lowest BCUT2D eigenvalue weighted by atomic mass is 9.99. The van der Waals surface area contributed by atoms with Crippen molar-refractivity contribution >= 4 is 17.8 Å². The Morgan fingerprint density at radius 2 is 2.06 bits per heavy atom. The molecule has 4 heteroatoms. The van der Waals surface area contributed by atoms with E-state index in [1.807, 2.05) is 6.07 Å². The van der Waals surface area contributed by atoms with E-state index in [1.54, 1.807) is 25.3 Å². The highest BCUT2D eigenvalue weighted by molar-refractivity contribution is 5.85. The Hall–Kier alpha value is -2.10. The molecule has 1 saturated carbocycles. The van der Waals surface area contributed by atoms with Crippen molar-refractivity contribution in [3.63, 3.8) is 0 Å². The largest absolute Gasteiger partial charge is 0.497 e. The maximum absolute atomic E-state index is 10.2. The summed E-state index contributed by atoms with van der Waals surface area (Å²) >= 11 is 0. The van der Waals surface area contributed by atoms with Gasteiger partial charge in [0.25, 0.3) is 0 Å². The number of carboxylic acid groups (broad SMARTS) is 1. The van der Waals surface area contributed by atoms with Crippen molar-refractivity contribution in [2.45, 2.75) is 19.3 Å². The predicted octanol–water partition coefficient (Wildman–Crippen LogP) is 2.53. The molecule has 0 amide bonds. The third-order valence-electron chi connectivity index (χ3n) is 2.42. The summed E-state index contributed by atoms with van der Waals surface area (Å²) in [6, 6.07) is 7.18. The number of hydrogen-bond donors (Lipinski definition) is 1. The van der Waals surface area contributed by atoms with Crippen LogP contribution >= 0.6 is 0 Å². The Morgan fingerprint density at radius 3 is 2.50 bits per heavy atom. The third-order valence-corrected chi connectivity index (χ3v) is 2.42. The minimum atomic E-state index is -0.956. The zero-order valence-electron chi connectivity index (χ0n) is 10.3. The van der Waals surface area contributed by atoms with Gasteiger partial charge in [-0.1, -0.05) is 12.1 Å². The second kappa shape index (κ2) is 7.27. The highest BCUT2D eigenvalue weighted by Crippen LogP contribution is 2.13. The number of ketones is 1. The summed E-state index contributed by atoms with van der Waals surface area (Å²) in [5, 5.41) is 8.38. The molecular formula is C14H16O4. The van der Waals surface area contributed by atoms with Gasteiger partial charge in [0.05, 0.1) is 7.11 Å². The van der Waals surface area contributed by atoms with Gasteiger partial charge in [0.2, 0.25) is 0 Å². The van der Waals surface area contributed by atoms with Crippen molar-refractivity contribution in [1.82, 2.24) is 0 Å². The van der Waals surface area contributed by atoms with Crippen molar-refractivity contribution in [2.24, 2.45) is 0 Å². The molecule has 1 fully saturated rings. The van der Waals surface area contributed by atoms with Crippen LogP contribution in [-0.2, 0) is 9.59 Å². The number of benzene rings is 1. The smallest absolute Gasteiger partial charge is 0.328 e. The van der Waals surface area contributed by atoms with E-state index in [9.17, 15) is 9.59 Å². The van der Waals surface area contributed by atoms with E-state index in [-0.39, 0.29) is 0 Å². The van der Waals surface area contributed by atoms with Crippen LogP contribution in [0.1, 0.15) is 24.8 Å². The normalized spacial score (nSPS) is 13.5. The SMILES string of the molecule is COc1cccc(C=CC(=O)O)c1.O=C1CCC1. The molecule has 18 heavy (non-hydrogen) atoms. The van der Waals surface area contributed by atoms with Crippen LogP contribution in [0.15, 0.2) is 30.3 Å². The number of carbonyl (C=O) groups excluding carboxylic acids is 1. The lowest BCUT2D eigenvalue weighted by molar-refractivity contribution is -0.131. The van der Waals surface area contributed by atoms with Gasteiger partial charge in [-0.2, -0.15) is 0 Å². The number of Topliss-reactive ketones (excluding diaryl/α,β-unsaturated/α-hetero) is 1. The molecule has 4 nitrogen and oxygen atoms in total. The summed E-state index contributed by atoms with van der Waals surface area (Å²) in [5.74, 6) is 0.195. The summed E-state index contributed by atoms with van der Waals surface area (Å²) in [5.41, 5.74) is 0.807. The summed E-state index contributed by atoms with van der Waals surface area (Å²) in [7, 11) is 1.57. The molecule has 0 spiro atoms. The predicted molar refractivity (Wildman–Crippen MR) is 68.5 cm³/mol. The van der Waals surface area contributed by atoms with E-state index < -0.39 is 5.97 Å². The average Bonchev–Trinajstić information content (AvgIpc) is 2.35. The quantitative estimate of drug-likeness (QED) is 0.835. The van der Waals surface area contributed by atoms with Gasteiger partial charge in [-0.15, -0.1) is 0 Å². The number of methoxy groups -OCH3 is 1. The molecule has 2 rings (SSSR count). The summed E-state index contributed by atoms with van der Waals surface area (Å²) in [4.78, 5) is 20.1. The molecule has 1 N–H and O–H groups in total. The summed E-state index contributed by atoms with van der Waals surface area (Å²) < 4.78 is 4.98. The maximum Gasteiger partial charge on any atom is 0.328 e. The van der Waals surface area contributed by atoms with Gasteiger partial charge in [0, 0.05) is 18.9 Å². The first-order valence-corrected chi connectivity index (χ1v) is 5.68. The number of rotatable bonds is 3. The van der Waals surface area contributed by atoms with Crippen LogP contribution < -0.4 is 4.74 Å². The molecule has 1 aliphatic carbocycles. The summed E-state index contributed by atoms with van der Waals surface area (Å²) in [6.45, 7) is 0. The van der Waals surface area contributed by atoms with Gasteiger partial charge >= 0.3 is 5.97 Å². The molecule has 1 aromatic rings. The van der Waals surface area contributed by atoms with Gasteiger partial charge in [-0.25, -0.2) is 4.79 Å². The Bertz CT molecular complexity index is 443. The lowest BCUT2D eigenvalue weighted by Gasteiger charge is -2.05. The van der Waals surface area contributed by atoms with E-state index in [0.29, 0.717) is 11.5 Å². The molecule has 1 aromatic carbocycles. The molecule has 0 atom stereocenters. The Balaban J connectivity index is 0.000000269. The average molecular weight is 248 g/mol. The second-order valence-corrected chi connectivity index (χ2v) is 3.84. The van der Waals surface area contributed by atoms with Gasteiger partial charge in [-0.05, 0) is 30.2 Å². The molecule has 0 aliphatic heterocycles. The number of aliphatic carboxylic acids is 1. The fourth-order valence-corrected chi connectivity index (χ4v) is 1.23. The van der Waals surface area contributed by atoms with Crippen LogP contribution in [0.4, 0.5) is 0 Å². The van der Waals surface area contributed by atoms with E-state index >= 15 is 0 Å². The van der Waals surface area contributed by atoms with E-state index in [1.165, 1.54) is 6.08 Å². The molecule has 0 aromatic heterocycles. The van der Waals surface area contributed by atoms with E-state index in [2.05, 4.69) is 0 Å². The highest BCUT2D eigenvalue weighted by Gasteiger charge is 2.09. The van der Waals surface area contributed by atoms with Crippen molar-refractivity contribution in [3.05, 3.63) is 35.9 Å². The van der Waals surface area contributed by atoms with E-state index in [4.69, 9.17) is 9.84 Å². The van der Waals surface area contributed by atoms with Crippen LogP contribution in [0.3, 0.4) is 0 Å². The fourth-order valence-electron chi connectivity index (χ4n) is 1.23. The second-order valence-electron chi connectivity index (χ2n) is 3.84. The zero-order valence-corrected chi connectivity index (χ0v) is 10.3. The molecule has 0 saturated heterocycles. The number of ether oxygens (including phenoxy) is 1. The van der Waals surface area contributed by atoms with Crippen LogP contribution in [-0.4, -0.2) is 24.0 Å². The van der Waals surface area contributed by atoms with Crippen LogP contribution in [0.5, 0.6) is 5.75 Å². The van der Waals surface area contributed by atoms with Crippen LogP contribution in [0, 0.1) is 0 Å². The van der Waals surface area contributed by atoms with Gasteiger partial charge in [0.15, 0.2) is 0 Å². The number of carbonyl (C=O) groups is 2. The standard InChI is InChI=1S/C10H10O3.C4H6O/c1-13-9-4-2-3-8(7-9)5-6-10(11)12;5-4-2-1-3-4/h2-7H,1H3,(H,11,12);1-3H2. The Kier molecular flexibility index (Phi) is 5.64. The number of carboxylic acids is 1. The highest BCUT2D eigenvalue weighted by atomic mass is 16.5. The van der Waals surface area contributed by atoms with E-state index in [0.717, 1.165) is 30.9 Å². The monoisotopic (exact) mass is 248 g/mol. The molecule has 0 heterocycles. The molecule has 96 valence electrons. The molecular weight excluding hydrogens is 232 g/mol. The topological polar surface area (TPSA) is 63.6 Å². The van der Waals surface area contributed by atoms with Crippen LogP contribution in [0.2, 0.25) is 0 Å². The maximum atomic E-state index is 10.2. The third kappa shape index (κ3) is 5.30. The van der Waals surface area contributed by atoms with Crippen molar-refractivity contribution in [3.8, 4) is 5.75 Å². The fraction of sp³-hybridized carbons (Fsp3) is 0.286. The van der Waals surface area contributed by atoms with Gasteiger partial charge < -0.3 is 9.84 Å². The van der Waals surface area contributed by atoms with Crippen molar-refractivity contribution in [1.29, 1.82) is 0 Å². The molecule has 0 radical (unpaired) electrons. The molecule has 0 bridgehead atoms. The first-order valence-electron chi connectivity index (χ1n) is 5.68. The Labute approximate surface area is 106 Å². The van der Waals surface area contributed by atoms with Crippen LogP contribution in [0.25, 0.3) is 6.08 Å². The molecule has 0 unspecified atom stereocenters. The number of hydrogen-bond acceptors (Lipinski definition) is 3. The van der Waals surface area contributed by atoms with Crippen molar-refractivity contribution < 1.29 is 19.4 Å². The first-order chi connectivity index (χ1) is 8.61. The lowest BCUT2D eigenvalue weighted by Crippen LogP contribution is -2.07. The zero-order chi connectivity index (χ0) is 13.4. The minimum Gasteiger partial charge on any atom is -0.497 e. The van der Waals surface area contributed by atoms with Gasteiger partial charge in [-0.3, -0.25) is 4.79 Å². The summed E-state index contributed by atoms with van der Waals surface area (Å²) in [6.07, 6.45) is 5.44. The molecule has 1 aliphatic rings. The van der Waals surface area contributed by atoms with Gasteiger partial charge in [0.1, 0.15) is 11.5 Å². The van der Waals surface area contributed by atoms with Crippen molar-refractivity contribution in [2.75, 3.05) is 7.11 Å². The first kappa shape index (κ1) is 14.0. The Morgan fingerprint density at radius 1 is 1.39 bits per heavy atom.